The molecule has 10 nitrogen and oxygen atoms in total. The van der Waals surface area contributed by atoms with Gasteiger partial charge in [-0.05, 0) is 0 Å². The number of hydrogen-bond donors (Lipinski definition) is 0. The number of carbonyl (C=O) groups is 3. The summed E-state index contributed by atoms with van der Waals surface area (Å²) in [5, 5.41) is 10.9. The van der Waals surface area contributed by atoms with E-state index in [1.54, 1.807) is 0 Å². The summed E-state index contributed by atoms with van der Waals surface area (Å²) in [7, 11) is 2.17. The molecule has 0 aliphatic carbocycles. The highest BCUT2D eigenvalue weighted by molar-refractivity contribution is 5.85. The van der Waals surface area contributed by atoms with Gasteiger partial charge in [0, 0.05) is 13.3 Å². The van der Waals surface area contributed by atoms with Crippen LogP contribution in [0.1, 0.15) is 13.3 Å². The molecule has 0 bridgehead atoms. The molecule has 0 unspecified atom stereocenters. The van der Waals surface area contributed by atoms with Crippen LogP contribution in [0.3, 0.4) is 0 Å². The first-order valence-corrected chi connectivity index (χ1v) is 6.25. The van der Waals surface area contributed by atoms with Crippen LogP contribution in [0.2, 0.25) is 0 Å². The Morgan fingerprint density at radius 3 is 2.36 bits per heavy atom. The molecule has 0 aromatic heterocycles. The molecule has 122 valence electrons. The number of hydrogen-bond acceptors (Lipinski definition) is 9. The predicted molar refractivity (Wildman–Crippen MR) is 69.8 cm³/mol. The molecule has 0 N–H and O–H groups in total. The Morgan fingerprint density at radius 1 is 1.27 bits per heavy atom. The van der Waals surface area contributed by atoms with Crippen LogP contribution in [-0.2, 0) is 28.6 Å². The fourth-order valence-corrected chi connectivity index (χ4v) is 2.09. The molecule has 0 amide bonds. The molecule has 1 rings (SSSR count). The van der Waals surface area contributed by atoms with Gasteiger partial charge in [-0.25, -0.2) is 9.59 Å². The van der Waals surface area contributed by atoms with Gasteiger partial charge in [-0.15, -0.1) is 0 Å². The molecule has 1 aliphatic rings. The zero-order valence-corrected chi connectivity index (χ0v) is 12.3. The van der Waals surface area contributed by atoms with Gasteiger partial charge < -0.3 is 19.1 Å². The van der Waals surface area contributed by atoms with E-state index < -0.39 is 40.7 Å². The van der Waals surface area contributed by atoms with E-state index >= 15 is 0 Å². The largest absolute Gasteiger partial charge is 0.467 e. The van der Waals surface area contributed by atoms with Gasteiger partial charge in [-0.2, -0.15) is 0 Å². The first-order chi connectivity index (χ1) is 10.3. The van der Waals surface area contributed by atoms with Gasteiger partial charge in [0.1, 0.15) is 12.1 Å². The molecule has 0 aromatic carbocycles. The van der Waals surface area contributed by atoms with Gasteiger partial charge >= 0.3 is 23.6 Å². The normalized spacial score (nSPS) is 21.2. The van der Waals surface area contributed by atoms with E-state index in [9.17, 15) is 24.5 Å². The van der Waals surface area contributed by atoms with Crippen LogP contribution in [0.15, 0.2) is 11.9 Å². The summed E-state index contributed by atoms with van der Waals surface area (Å²) in [6, 6.07) is -0.894. The highest BCUT2D eigenvalue weighted by Gasteiger charge is 2.39. The lowest BCUT2D eigenvalue weighted by Gasteiger charge is -2.19. The molecule has 1 saturated heterocycles. The third-order valence-corrected chi connectivity index (χ3v) is 2.99. The smallest absolute Gasteiger partial charge is 0.411 e. The molecular weight excluding hydrogens is 300 g/mol. The van der Waals surface area contributed by atoms with E-state index in [2.05, 4.69) is 9.47 Å². The molecule has 2 atom stereocenters. The van der Waals surface area contributed by atoms with Crippen molar-refractivity contribution in [3.05, 3.63) is 22.0 Å². The summed E-state index contributed by atoms with van der Waals surface area (Å²) in [6.07, 6.45) is 0.370. The molecule has 0 saturated carbocycles. The van der Waals surface area contributed by atoms with Gasteiger partial charge in [0.2, 0.25) is 0 Å². The second kappa shape index (κ2) is 7.38. The van der Waals surface area contributed by atoms with Gasteiger partial charge in [0.05, 0.1) is 31.9 Å². The van der Waals surface area contributed by atoms with Gasteiger partial charge in [-0.3, -0.25) is 14.9 Å². The van der Waals surface area contributed by atoms with Crippen LogP contribution >= 0.6 is 0 Å². The molecule has 0 spiro atoms. The van der Waals surface area contributed by atoms with E-state index in [1.807, 2.05) is 0 Å². The van der Waals surface area contributed by atoms with E-state index in [1.165, 1.54) is 11.8 Å². The standard InChI is InChI=1S/C12H16N2O8/c1-7(15)22-8-4-9(11(16)20-2)13(5-8)6-10(14(18)19)12(17)21-3/h6,8-9H,4-5H2,1-3H3/b10-6-/t8-,9+/m1/s1. The van der Waals surface area contributed by atoms with Crippen molar-refractivity contribution in [3.8, 4) is 0 Å². The summed E-state index contributed by atoms with van der Waals surface area (Å²) in [6.45, 7) is 1.23. The summed E-state index contributed by atoms with van der Waals surface area (Å²) in [4.78, 5) is 45.3. The molecular formula is C12H16N2O8. The fourth-order valence-electron chi connectivity index (χ4n) is 2.09. The minimum Gasteiger partial charge on any atom is -0.467 e. The Bertz CT molecular complexity index is 515. The lowest BCUT2D eigenvalue weighted by atomic mass is 10.2. The van der Waals surface area contributed by atoms with Crippen LogP contribution in [-0.4, -0.2) is 60.6 Å². The lowest BCUT2D eigenvalue weighted by Crippen LogP contribution is -2.34. The number of rotatable bonds is 5. The molecule has 1 aliphatic heterocycles. The number of likely N-dealkylation sites (tertiary alicyclic amines) is 1. The number of ether oxygens (including phenoxy) is 3. The Labute approximate surface area is 125 Å². The quantitative estimate of drug-likeness (QED) is 0.216. The van der Waals surface area contributed by atoms with Crippen LogP contribution in [0.5, 0.6) is 0 Å². The Kier molecular flexibility index (Phi) is 5.84. The van der Waals surface area contributed by atoms with E-state index in [0.29, 0.717) is 0 Å². The predicted octanol–water partition coefficient (Wildman–Crippen LogP) is -0.543. The number of nitro groups is 1. The number of esters is 3. The fraction of sp³-hybridized carbons (Fsp3) is 0.583. The average molecular weight is 316 g/mol. The topological polar surface area (TPSA) is 125 Å². The van der Waals surface area contributed by atoms with E-state index in [0.717, 1.165) is 20.4 Å². The maximum absolute atomic E-state index is 11.7. The summed E-state index contributed by atoms with van der Waals surface area (Å²) in [5.41, 5.74) is -0.833. The Morgan fingerprint density at radius 2 is 1.91 bits per heavy atom. The molecule has 0 radical (unpaired) electrons. The van der Waals surface area contributed by atoms with Gasteiger partial charge in [0.25, 0.3) is 0 Å². The zero-order valence-electron chi connectivity index (χ0n) is 12.3. The monoisotopic (exact) mass is 316 g/mol. The van der Waals surface area contributed by atoms with Crippen molar-refractivity contribution >= 4 is 17.9 Å². The summed E-state index contributed by atoms with van der Waals surface area (Å²) in [5.74, 6) is -2.34. The molecule has 10 heteroatoms. The van der Waals surface area contributed by atoms with Gasteiger partial charge in [-0.1, -0.05) is 0 Å². The molecule has 1 fully saturated rings. The van der Waals surface area contributed by atoms with Crippen molar-refractivity contribution < 1.29 is 33.5 Å². The SMILES string of the molecule is COC(=O)/C(=C/N1C[C@H](OC(C)=O)C[C@H]1C(=O)OC)[N+](=O)[O-]. The molecule has 22 heavy (non-hydrogen) atoms. The highest BCUT2D eigenvalue weighted by Crippen LogP contribution is 2.23. The van der Waals surface area contributed by atoms with Crippen molar-refractivity contribution in [3.63, 3.8) is 0 Å². The third kappa shape index (κ3) is 4.17. The third-order valence-electron chi connectivity index (χ3n) is 2.99. The minimum atomic E-state index is -1.15. The Hall–Kier alpha value is -2.65. The van der Waals surface area contributed by atoms with E-state index in [-0.39, 0.29) is 13.0 Å². The summed E-state index contributed by atoms with van der Waals surface area (Å²) >= 11 is 0. The van der Waals surface area contributed by atoms with Crippen LogP contribution < -0.4 is 0 Å². The maximum Gasteiger partial charge on any atom is 0.411 e. The molecule has 0 aromatic rings. The van der Waals surface area contributed by atoms with Crippen molar-refractivity contribution in [1.82, 2.24) is 4.90 Å². The van der Waals surface area contributed by atoms with Gasteiger partial charge in [0.15, 0.2) is 0 Å². The van der Waals surface area contributed by atoms with Crippen molar-refractivity contribution in [2.45, 2.75) is 25.5 Å². The highest BCUT2D eigenvalue weighted by atomic mass is 16.6. The second-order valence-corrected chi connectivity index (χ2v) is 4.47. The summed E-state index contributed by atoms with van der Waals surface area (Å²) < 4.78 is 13.9. The molecule has 1 heterocycles. The maximum atomic E-state index is 11.7. The number of carbonyl (C=O) groups excluding carboxylic acids is 3. The Balaban J connectivity index is 3.05. The van der Waals surface area contributed by atoms with Crippen LogP contribution in [0.4, 0.5) is 0 Å². The second-order valence-electron chi connectivity index (χ2n) is 4.47. The lowest BCUT2D eigenvalue weighted by molar-refractivity contribution is -0.422. The minimum absolute atomic E-state index is 0.0215. The van der Waals surface area contributed by atoms with Crippen LogP contribution in [0, 0.1) is 10.1 Å². The zero-order chi connectivity index (χ0) is 16.9. The number of methoxy groups -OCH3 is 2. The van der Waals surface area contributed by atoms with Crippen molar-refractivity contribution in [1.29, 1.82) is 0 Å². The van der Waals surface area contributed by atoms with E-state index in [4.69, 9.17) is 4.74 Å². The van der Waals surface area contributed by atoms with Crippen LogP contribution in [0.25, 0.3) is 0 Å². The van der Waals surface area contributed by atoms with Crippen molar-refractivity contribution in [2.75, 3.05) is 20.8 Å². The first kappa shape index (κ1) is 17.4. The average Bonchev–Trinajstić information content (AvgIpc) is 2.84. The van der Waals surface area contributed by atoms with Crippen molar-refractivity contribution in [2.24, 2.45) is 0 Å². The first-order valence-electron chi connectivity index (χ1n) is 6.25. The number of nitrogens with zero attached hydrogens (tertiary/aromatic N) is 2.